The Balaban J connectivity index is 1.60. The van der Waals surface area contributed by atoms with Gasteiger partial charge in [0, 0.05) is 18.7 Å². The molecule has 2 aromatic carbocycles. The molecule has 3 aromatic rings. The van der Waals surface area contributed by atoms with Crippen LogP contribution in [0.15, 0.2) is 59.8 Å². The second-order valence-electron chi connectivity index (χ2n) is 8.85. The van der Waals surface area contributed by atoms with Crippen LogP contribution >= 0.6 is 11.8 Å². The van der Waals surface area contributed by atoms with Crippen LogP contribution in [0.25, 0.3) is 11.4 Å². The molecule has 0 bridgehead atoms. The van der Waals surface area contributed by atoms with E-state index in [4.69, 9.17) is 10.6 Å². The lowest BCUT2D eigenvalue weighted by Gasteiger charge is -2.30. The second-order valence-corrected chi connectivity index (χ2v) is 9.92. The number of nitrogen functional groups attached to an aromatic ring is 1. The zero-order valence-electron chi connectivity index (χ0n) is 18.7. The van der Waals surface area contributed by atoms with Gasteiger partial charge in [-0.3, -0.25) is 4.79 Å². The number of rotatable bonds is 5. The van der Waals surface area contributed by atoms with E-state index in [0.717, 1.165) is 11.1 Å². The first kappa shape index (κ1) is 22.4. The number of amides is 1. The Hall–Kier alpha value is -2.84. The van der Waals surface area contributed by atoms with Gasteiger partial charge in [0.05, 0.1) is 13.2 Å². The topological polar surface area (TPSA) is 86.3 Å². The highest BCUT2D eigenvalue weighted by molar-refractivity contribution is 8.00. The molecule has 8 heteroatoms. The number of nitrogens with zero attached hydrogens (tertiary/aromatic N) is 4. The van der Waals surface area contributed by atoms with Gasteiger partial charge in [0.25, 0.3) is 0 Å². The molecule has 1 unspecified atom stereocenters. The highest BCUT2D eigenvalue weighted by Gasteiger charge is 2.30. The van der Waals surface area contributed by atoms with Crippen molar-refractivity contribution >= 4 is 17.7 Å². The van der Waals surface area contributed by atoms with Crippen LogP contribution in [0.4, 0.5) is 0 Å². The summed E-state index contributed by atoms with van der Waals surface area (Å²) in [5, 5.41) is 8.66. The fourth-order valence-corrected chi connectivity index (χ4v) is 4.66. The van der Waals surface area contributed by atoms with Crippen LogP contribution in [0.3, 0.4) is 0 Å². The molecule has 1 aromatic heterocycles. The van der Waals surface area contributed by atoms with Crippen molar-refractivity contribution < 1.29 is 9.53 Å². The number of benzene rings is 2. The maximum Gasteiger partial charge on any atom is 0.240 e. The van der Waals surface area contributed by atoms with Gasteiger partial charge in [0.1, 0.15) is 5.25 Å². The summed E-state index contributed by atoms with van der Waals surface area (Å²) in [7, 11) is 0. The molecule has 0 radical (unpaired) electrons. The number of carbonyl (C=O) groups is 1. The van der Waals surface area contributed by atoms with Crippen molar-refractivity contribution in [2.75, 3.05) is 32.1 Å². The highest BCUT2D eigenvalue weighted by Crippen LogP contribution is 2.37. The summed E-state index contributed by atoms with van der Waals surface area (Å²) in [6.45, 7) is 8.82. The van der Waals surface area contributed by atoms with Crippen molar-refractivity contribution in [2.45, 2.75) is 36.6 Å². The zero-order valence-corrected chi connectivity index (χ0v) is 19.5. The van der Waals surface area contributed by atoms with Crippen LogP contribution in [-0.4, -0.2) is 52.0 Å². The van der Waals surface area contributed by atoms with E-state index >= 15 is 0 Å². The Morgan fingerprint density at radius 1 is 1.03 bits per heavy atom. The van der Waals surface area contributed by atoms with Crippen LogP contribution < -0.4 is 5.84 Å². The Bertz CT molecular complexity index is 1050. The van der Waals surface area contributed by atoms with E-state index in [1.54, 1.807) is 0 Å². The number of carbonyl (C=O) groups excluding carboxylic acids is 1. The van der Waals surface area contributed by atoms with Gasteiger partial charge in [-0.05, 0) is 16.5 Å². The number of hydrogen-bond donors (Lipinski definition) is 1. The molecule has 1 fully saturated rings. The van der Waals surface area contributed by atoms with Crippen LogP contribution in [0.5, 0.6) is 0 Å². The van der Waals surface area contributed by atoms with Crippen LogP contribution in [0.2, 0.25) is 0 Å². The first-order valence-electron chi connectivity index (χ1n) is 10.7. The van der Waals surface area contributed by atoms with E-state index < -0.39 is 5.25 Å². The van der Waals surface area contributed by atoms with Gasteiger partial charge in [-0.2, -0.15) is 0 Å². The largest absolute Gasteiger partial charge is 0.378 e. The molecular formula is C24H29N5O2S. The van der Waals surface area contributed by atoms with Gasteiger partial charge < -0.3 is 15.5 Å². The molecular weight excluding hydrogens is 422 g/mol. The lowest BCUT2D eigenvalue weighted by molar-refractivity contribution is -0.134. The van der Waals surface area contributed by atoms with Gasteiger partial charge in [-0.15, -0.1) is 10.2 Å². The third-order valence-electron chi connectivity index (χ3n) is 5.55. The molecule has 0 spiro atoms. The molecule has 1 amide bonds. The number of hydrogen-bond acceptors (Lipinski definition) is 6. The zero-order chi connectivity index (χ0) is 22.7. The molecule has 1 saturated heterocycles. The molecule has 4 rings (SSSR count). The maximum atomic E-state index is 13.4. The third kappa shape index (κ3) is 4.81. The maximum absolute atomic E-state index is 13.4. The Morgan fingerprint density at radius 3 is 2.31 bits per heavy atom. The van der Waals surface area contributed by atoms with E-state index in [-0.39, 0.29) is 11.3 Å². The lowest BCUT2D eigenvalue weighted by Crippen LogP contribution is -2.42. The normalized spacial score (nSPS) is 15.5. The fraction of sp³-hybridized carbons (Fsp3) is 0.375. The predicted octanol–water partition coefficient (Wildman–Crippen LogP) is 3.65. The predicted molar refractivity (Wildman–Crippen MR) is 127 cm³/mol. The van der Waals surface area contributed by atoms with Crippen molar-refractivity contribution in [1.29, 1.82) is 0 Å². The minimum atomic E-state index is -0.461. The van der Waals surface area contributed by atoms with Crippen LogP contribution in [0.1, 0.15) is 37.1 Å². The quantitative estimate of drug-likeness (QED) is 0.471. The number of ether oxygens (including phenoxy) is 1. The molecule has 1 aliphatic rings. The van der Waals surface area contributed by atoms with Crippen molar-refractivity contribution in [3.63, 3.8) is 0 Å². The molecule has 1 aliphatic heterocycles. The minimum Gasteiger partial charge on any atom is -0.378 e. The number of aromatic nitrogens is 3. The summed E-state index contributed by atoms with van der Waals surface area (Å²) in [6.07, 6.45) is 0. The van der Waals surface area contributed by atoms with Gasteiger partial charge in [-0.25, -0.2) is 4.68 Å². The summed E-state index contributed by atoms with van der Waals surface area (Å²) < 4.78 is 6.88. The van der Waals surface area contributed by atoms with Gasteiger partial charge in [0.2, 0.25) is 11.1 Å². The first-order chi connectivity index (χ1) is 15.3. The summed E-state index contributed by atoms with van der Waals surface area (Å²) >= 11 is 1.33. The SMILES string of the molecule is CC(C)(C)c1ccc(-c2nnc(SC(C(=O)N3CCOCC3)c3ccccc3)n2N)cc1. The Kier molecular flexibility index (Phi) is 6.53. The number of nitrogens with two attached hydrogens (primary N) is 1. The minimum absolute atomic E-state index is 0.0311. The average molecular weight is 452 g/mol. The van der Waals surface area contributed by atoms with Crippen molar-refractivity contribution in [3.8, 4) is 11.4 Å². The lowest BCUT2D eigenvalue weighted by atomic mass is 9.87. The van der Waals surface area contributed by atoms with E-state index in [2.05, 4.69) is 43.1 Å². The Labute approximate surface area is 192 Å². The van der Waals surface area contributed by atoms with Crippen LogP contribution in [0, 0.1) is 0 Å². The molecule has 168 valence electrons. The van der Waals surface area contributed by atoms with Gasteiger partial charge in [-0.1, -0.05) is 87.1 Å². The fourth-order valence-electron chi connectivity index (χ4n) is 3.62. The molecule has 2 heterocycles. The third-order valence-corrected chi connectivity index (χ3v) is 6.74. The van der Waals surface area contributed by atoms with Gasteiger partial charge in [0.15, 0.2) is 5.82 Å². The molecule has 1 atom stereocenters. The molecule has 2 N–H and O–H groups in total. The number of thioether (sulfide) groups is 1. The molecule has 0 aliphatic carbocycles. The summed E-state index contributed by atoms with van der Waals surface area (Å²) in [6, 6.07) is 17.9. The van der Waals surface area contributed by atoms with E-state index in [1.165, 1.54) is 22.0 Å². The van der Waals surface area contributed by atoms with Crippen LogP contribution in [-0.2, 0) is 14.9 Å². The molecule has 32 heavy (non-hydrogen) atoms. The smallest absolute Gasteiger partial charge is 0.240 e. The first-order valence-corrected chi connectivity index (χ1v) is 11.6. The number of morpholine rings is 1. The van der Waals surface area contributed by atoms with Crippen molar-refractivity contribution in [3.05, 3.63) is 65.7 Å². The second kappa shape index (κ2) is 9.34. The summed E-state index contributed by atoms with van der Waals surface area (Å²) in [5.41, 5.74) is 3.10. The summed E-state index contributed by atoms with van der Waals surface area (Å²) in [4.78, 5) is 15.2. The summed E-state index contributed by atoms with van der Waals surface area (Å²) in [5.74, 6) is 6.99. The standard InChI is InChI=1S/C24H29N5O2S/c1-24(2,3)19-11-9-18(10-12-19)21-26-27-23(29(21)25)32-20(17-7-5-4-6-8-17)22(30)28-13-15-31-16-14-28/h4-12,20H,13-16,25H2,1-3H3. The average Bonchev–Trinajstić information content (AvgIpc) is 3.17. The highest BCUT2D eigenvalue weighted by atomic mass is 32.2. The Morgan fingerprint density at radius 2 is 1.69 bits per heavy atom. The van der Waals surface area contributed by atoms with E-state index in [0.29, 0.717) is 37.3 Å². The molecule has 7 nitrogen and oxygen atoms in total. The van der Waals surface area contributed by atoms with E-state index in [1.807, 2.05) is 47.4 Å². The van der Waals surface area contributed by atoms with Gasteiger partial charge >= 0.3 is 0 Å². The monoisotopic (exact) mass is 451 g/mol. The van der Waals surface area contributed by atoms with E-state index in [9.17, 15) is 4.79 Å². The van der Waals surface area contributed by atoms with Crippen molar-refractivity contribution in [1.82, 2.24) is 19.8 Å². The van der Waals surface area contributed by atoms with Crippen molar-refractivity contribution in [2.24, 2.45) is 0 Å². The molecule has 0 saturated carbocycles.